The molecule has 0 saturated carbocycles. The number of carbonyl (C=O) groups excluding carboxylic acids is 1. The molecule has 0 aromatic carbocycles. The average molecular weight is 1050 g/mol. The number of aliphatic hydroxyl groups excluding tert-OH is 7. The van der Waals surface area contributed by atoms with E-state index in [0.29, 0.717) is 13.0 Å². The fourth-order valence-electron chi connectivity index (χ4n) is 9.34. The van der Waals surface area contributed by atoms with Gasteiger partial charge in [-0.05, 0) is 51.4 Å². The third kappa shape index (κ3) is 33.3. The van der Waals surface area contributed by atoms with Crippen molar-refractivity contribution >= 4 is 5.97 Å². The van der Waals surface area contributed by atoms with Crippen LogP contribution < -0.4 is 0 Å². The summed E-state index contributed by atoms with van der Waals surface area (Å²) in [6.45, 7) is 3.60. The van der Waals surface area contributed by atoms with Crippen LogP contribution in [-0.4, -0.2) is 142 Å². The summed E-state index contributed by atoms with van der Waals surface area (Å²) in [4.78, 5) is 13.1. The molecule has 0 aromatic rings. The lowest BCUT2D eigenvalue weighted by Crippen LogP contribution is -2.61. The second kappa shape index (κ2) is 47.0. The number of unbranched alkanes of at least 4 members (excludes halogenated alkanes) is 26. The van der Waals surface area contributed by atoms with Crippen molar-refractivity contribution in [2.75, 3.05) is 33.0 Å². The lowest BCUT2D eigenvalue weighted by molar-refractivity contribution is -0.332. The van der Waals surface area contributed by atoms with Crippen molar-refractivity contribution < 1.29 is 69.0 Å². The molecule has 0 amide bonds. The molecule has 74 heavy (non-hydrogen) atoms. The number of aliphatic hydroxyl groups is 7. The molecule has 14 heteroatoms. The third-order valence-electron chi connectivity index (χ3n) is 14.1. The summed E-state index contributed by atoms with van der Waals surface area (Å²) in [5, 5.41) is 72.3. The van der Waals surface area contributed by atoms with E-state index in [9.17, 15) is 40.5 Å². The number of carbonyl (C=O) groups is 1. The molecular formula is C60H108O14. The Hall–Kier alpha value is -2.05. The molecule has 2 aliphatic heterocycles. The number of rotatable bonds is 48. The highest BCUT2D eigenvalue weighted by atomic mass is 16.7. The standard InChI is InChI=1S/C60H108O14/c1-3-5-7-9-11-13-15-17-19-20-21-22-23-24-25-26-27-28-29-30-32-34-36-38-40-42-44-69-46-49(72-52(62)43-41-39-37-35-33-31-18-16-14-12-10-8-6-4-2)47-70-59-58(68)56(66)54(64)51(74-59)48-71-60-57(67)55(65)53(63)50(45-61)73-60/h5,7,11,13,17,19,21-22,49-51,53-61,63-68H,3-4,6,8-10,12,14-16,18,20,23-48H2,1-2H3/b7-5-,13-11-,19-17-,22-21-. The van der Waals surface area contributed by atoms with E-state index in [0.717, 1.165) is 64.2 Å². The highest BCUT2D eigenvalue weighted by Crippen LogP contribution is 2.27. The average Bonchev–Trinajstić information content (AvgIpc) is 3.40. The molecule has 2 saturated heterocycles. The van der Waals surface area contributed by atoms with Gasteiger partial charge in [0.2, 0.25) is 0 Å². The van der Waals surface area contributed by atoms with Crippen molar-refractivity contribution in [1.29, 1.82) is 0 Å². The van der Waals surface area contributed by atoms with E-state index in [1.165, 1.54) is 135 Å². The quantitative estimate of drug-likeness (QED) is 0.0172. The second-order valence-electron chi connectivity index (χ2n) is 20.8. The van der Waals surface area contributed by atoms with Gasteiger partial charge in [0.25, 0.3) is 0 Å². The van der Waals surface area contributed by atoms with Crippen LogP contribution in [0.2, 0.25) is 0 Å². The molecule has 11 unspecified atom stereocenters. The van der Waals surface area contributed by atoms with Gasteiger partial charge in [-0.1, -0.05) is 217 Å². The number of esters is 1. The summed E-state index contributed by atoms with van der Waals surface area (Å²) in [6.07, 6.45) is 40.3. The Balaban J connectivity index is 1.67. The molecule has 432 valence electrons. The van der Waals surface area contributed by atoms with Crippen LogP contribution >= 0.6 is 0 Å². The van der Waals surface area contributed by atoms with E-state index in [1.54, 1.807) is 0 Å². The van der Waals surface area contributed by atoms with Gasteiger partial charge in [-0.3, -0.25) is 4.79 Å². The van der Waals surface area contributed by atoms with Crippen molar-refractivity contribution in [2.24, 2.45) is 0 Å². The fraction of sp³-hybridized carbons (Fsp3) is 0.850. The van der Waals surface area contributed by atoms with Crippen LogP contribution in [0.1, 0.15) is 226 Å². The van der Waals surface area contributed by atoms with Gasteiger partial charge in [0, 0.05) is 13.0 Å². The monoisotopic (exact) mass is 1050 g/mol. The van der Waals surface area contributed by atoms with Crippen molar-refractivity contribution in [3.8, 4) is 0 Å². The fourth-order valence-corrected chi connectivity index (χ4v) is 9.34. The maximum atomic E-state index is 13.1. The van der Waals surface area contributed by atoms with E-state index in [1.807, 2.05) is 0 Å². The molecule has 14 nitrogen and oxygen atoms in total. The molecular weight excluding hydrogens is 945 g/mol. The van der Waals surface area contributed by atoms with Crippen LogP contribution in [0.4, 0.5) is 0 Å². The van der Waals surface area contributed by atoms with Crippen LogP contribution in [0, 0.1) is 0 Å². The molecule has 0 bridgehead atoms. The minimum atomic E-state index is -1.71. The first-order valence-electron chi connectivity index (χ1n) is 29.7. The molecule has 0 radical (unpaired) electrons. The highest BCUT2D eigenvalue weighted by molar-refractivity contribution is 5.69. The molecule has 2 aliphatic rings. The van der Waals surface area contributed by atoms with Gasteiger partial charge < -0.3 is 64.2 Å². The normalized spacial score (nSPS) is 25.1. The van der Waals surface area contributed by atoms with Crippen molar-refractivity contribution in [3.63, 3.8) is 0 Å². The first-order chi connectivity index (χ1) is 36.1. The summed E-state index contributed by atoms with van der Waals surface area (Å²) < 4.78 is 34.4. The van der Waals surface area contributed by atoms with Gasteiger partial charge in [-0.2, -0.15) is 0 Å². The van der Waals surface area contributed by atoms with Crippen LogP contribution in [-0.2, 0) is 33.2 Å². The zero-order valence-corrected chi connectivity index (χ0v) is 46.3. The molecule has 7 N–H and O–H groups in total. The predicted octanol–water partition coefficient (Wildman–Crippen LogP) is 10.7. The molecule has 0 spiro atoms. The summed E-state index contributed by atoms with van der Waals surface area (Å²) in [6, 6.07) is 0. The zero-order valence-electron chi connectivity index (χ0n) is 46.3. The van der Waals surface area contributed by atoms with Crippen molar-refractivity contribution in [1.82, 2.24) is 0 Å². The smallest absolute Gasteiger partial charge is 0.306 e. The van der Waals surface area contributed by atoms with Gasteiger partial charge in [-0.25, -0.2) is 0 Å². The Morgan fingerprint density at radius 1 is 0.459 bits per heavy atom. The van der Waals surface area contributed by atoms with Crippen molar-refractivity contribution in [2.45, 2.75) is 293 Å². The minimum absolute atomic E-state index is 0.0629. The molecule has 0 aliphatic carbocycles. The van der Waals surface area contributed by atoms with E-state index >= 15 is 0 Å². The van der Waals surface area contributed by atoms with Gasteiger partial charge >= 0.3 is 5.97 Å². The number of ether oxygens (including phenoxy) is 6. The summed E-state index contributed by atoms with van der Waals surface area (Å²) >= 11 is 0. The number of hydrogen-bond acceptors (Lipinski definition) is 14. The molecule has 11 atom stereocenters. The van der Waals surface area contributed by atoms with Crippen LogP contribution in [0.5, 0.6) is 0 Å². The van der Waals surface area contributed by atoms with Crippen molar-refractivity contribution in [3.05, 3.63) is 48.6 Å². The van der Waals surface area contributed by atoms with E-state index in [2.05, 4.69) is 62.5 Å². The van der Waals surface area contributed by atoms with E-state index in [-0.39, 0.29) is 25.6 Å². The van der Waals surface area contributed by atoms with Gasteiger partial charge in [0.15, 0.2) is 12.6 Å². The predicted molar refractivity (Wildman–Crippen MR) is 293 cm³/mol. The lowest BCUT2D eigenvalue weighted by atomic mass is 9.98. The molecule has 2 fully saturated rings. The van der Waals surface area contributed by atoms with Gasteiger partial charge in [0.1, 0.15) is 54.9 Å². The minimum Gasteiger partial charge on any atom is -0.457 e. The van der Waals surface area contributed by atoms with Crippen LogP contribution in [0.15, 0.2) is 48.6 Å². The van der Waals surface area contributed by atoms with Gasteiger partial charge in [0.05, 0.1) is 26.4 Å². The van der Waals surface area contributed by atoms with E-state index < -0.39 is 80.7 Å². The maximum Gasteiger partial charge on any atom is 0.306 e. The summed E-state index contributed by atoms with van der Waals surface area (Å²) in [5.41, 5.74) is 0. The largest absolute Gasteiger partial charge is 0.457 e. The SMILES string of the molecule is CC/C=C\C/C=C\C/C=C\C/C=C\CCCCCCCCCCCCCCCOCC(COC1OC(COC2OC(CO)C(O)C(O)C2O)C(O)C(O)C1O)OC(=O)CCCCCCCCCCCCCCCC. The molecule has 0 aromatic heterocycles. The first-order valence-corrected chi connectivity index (χ1v) is 29.7. The number of allylic oxidation sites excluding steroid dienone is 8. The molecule has 2 rings (SSSR count). The Morgan fingerprint density at radius 2 is 0.878 bits per heavy atom. The number of hydrogen-bond donors (Lipinski definition) is 7. The topological polar surface area (TPSA) is 214 Å². The first kappa shape index (κ1) is 68.1. The van der Waals surface area contributed by atoms with Gasteiger partial charge in [-0.15, -0.1) is 0 Å². The third-order valence-corrected chi connectivity index (χ3v) is 14.1. The lowest BCUT2D eigenvalue weighted by Gasteiger charge is -2.42. The molecule has 2 heterocycles. The second-order valence-corrected chi connectivity index (χ2v) is 20.8. The zero-order chi connectivity index (χ0) is 53.7. The Labute approximate surface area is 448 Å². The van der Waals surface area contributed by atoms with E-state index in [4.69, 9.17) is 28.4 Å². The summed E-state index contributed by atoms with van der Waals surface area (Å²) in [7, 11) is 0. The summed E-state index contributed by atoms with van der Waals surface area (Å²) in [5.74, 6) is -0.374. The van der Waals surface area contributed by atoms with Crippen LogP contribution in [0.3, 0.4) is 0 Å². The Morgan fingerprint density at radius 3 is 1.38 bits per heavy atom. The Kier molecular flexibility index (Phi) is 43.2. The highest BCUT2D eigenvalue weighted by Gasteiger charge is 2.47. The van der Waals surface area contributed by atoms with Crippen LogP contribution in [0.25, 0.3) is 0 Å². The maximum absolute atomic E-state index is 13.1. The Bertz CT molecular complexity index is 1410.